The fourth-order valence-electron chi connectivity index (χ4n) is 6.05. The number of hydrogen-bond acceptors (Lipinski definition) is 8. The Labute approximate surface area is 262 Å². The number of pyridine rings is 1. The highest BCUT2D eigenvalue weighted by Gasteiger charge is 2.45. The second-order valence-corrected chi connectivity index (χ2v) is 12.8. The molecule has 2 aromatic rings. The standard InChI is InChI=1S/C30H46ClFN6O3.C2H6/c1-5-6-16-37(28(39)41-29(2,3)4)17-10-8-7-9-13-21-22-24(23(32)25(31)34-21)35-27(36-26(22)33)40-20-30-14-11-18-38(30)19-12-15-30;1-2/h5-20H2,1-4H3,(H2,33,35,36);1-2H3. The van der Waals surface area contributed by atoms with Crippen LogP contribution >= 0.6 is 11.6 Å². The third kappa shape index (κ3) is 9.27. The van der Waals surface area contributed by atoms with E-state index < -0.39 is 11.4 Å². The van der Waals surface area contributed by atoms with Crippen molar-refractivity contribution in [2.45, 2.75) is 123 Å². The minimum absolute atomic E-state index is 0.0204. The van der Waals surface area contributed by atoms with Crippen LogP contribution in [0.25, 0.3) is 10.9 Å². The van der Waals surface area contributed by atoms with Crippen molar-refractivity contribution in [3.63, 3.8) is 0 Å². The number of carbonyl (C=O) groups is 1. The molecule has 0 bridgehead atoms. The third-order valence-electron chi connectivity index (χ3n) is 8.13. The molecule has 242 valence electrons. The lowest BCUT2D eigenvalue weighted by atomic mass is 9.95. The summed E-state index contributed by atoms with van der Waals surface area (Å²) in [6, 6.07) is 0.0767. The van der Waals surface area contributed by atoms with Gasteiger partial charge < -0.3 is 20.1 Å². The Morgan fingerprint density at radius 3 is 2.35 bits per heavy atom. The number of fused-ring (bicyclic) bond motifs is 2. The largest absolute Gasteiger partial charge is 0.461 e. The number of unbranched alkanes of at least 4 members (excludes halogenated alkanes) is 4. The van der Waals surface area contributed by atoms with E-state index in [-0.39, 0.29) is 34.1 Å². The first-order valence-corrected chi connectivity index (χ1v) is 16.6. The fourth-order valence-corrected chi connectivity index (χ4v) is 6.24. The number of nitrogens with two attached hydrogens (primary N) is 1. The zero-order chi connectivity index (χ0) is 31.6. The SMILES string of the molecule is CC.CCCCN(CCCCCCc1nc(Cl)c(F)c2nc(OCC34CCCN3CCC4)nc(N)c12)C(=O)OC(C)(C)C. The molecule has 0 spiro atoms. The molecule has 9 nitrogen and oxygen atoms in total. The van der Waals surface area contributed by atoms with Gasteiger partial charge in [-0.15, -0.1) is 0 Å². The van der Waals surface area contributed by atoms with Crippen molar-refractivity contribution in [3.05, 3.63) is 16.7 Å². The molecule has 0 radical (unpaired) electrons. The molecule has 2 aliphatic rings. The van der Waals surface area contributed by atoms with Gasteiger partial charge in [0.1, 0.15) is 23.5 Å². The minimum Gasteiger partial charge on any atom is -0.461 e. The van der Waals surface area contributed by atoms with E-state index in [4.69, 9.17) is 26.8 Å². The summed E-state index contributed by atoms with van der Waals surface area (Å²) in [7, 11) is 0. The summed E-state index contributed by atoms with van der Waals surface area (Å²) in [5.41, 5.74) is 6.47. The Balaban J connectivity index is 0.00000248. The van der Waals surface area contributed by atoms with Crippen molar-refractivity contribution < 1.29 is 18.7 Å². The zero-order valence-corrected chi connectivity index (χ0v) is 27.9. The Kier molecular flexibility index (Phi) is 13.1. The number of halogens is 2. The van der Waals surface area contributed by atoms with Crippen molar-refractivity contribution in [2.24, 2.45) is 0 Å². The number of aryl methyl sites for hydroxylation is 1. The first-order chi connectivity index (χ1) is 20.5. The lowest BCUT2D eigenvalue weighted by molar-refractivity contribution is 0.0244. The summed E-state index contributed by atoms with van der Waals surface area (Å²) in [5.74, 6) is -0.556. The number of nitrogens with zero attached hydrogens (tertiary/aromatic N) is 5. The molecule has 0 aliphatic carbocycles. The summed E-state index contributed by atoms with van der Waals surface area (Å²) < 4.78 is 26.7. The summed E-state index contributed by atoms with van der Waals surface area (Å²) in [6.45, 7) is 15.7. The predicted molar refractivity (Wildman–Crippen MR) is 171 cm³/mol. The van der Waals surface area contributed by atoms with E-state index in [1.807, 2.05) is 34.6 Å². The van der Waals surface area contributed by atoms with Crippen LogP contribution in [0.15, 0.2) is 0 Å². The molecule has 2 aromatic heterocycles. The van der Waals surface area contributed by atoms with Gasteiger partial charge in [-0.25, -0.2) is 14.2 Å². The van der Waals surface area contributed by atoms with Crippen LogP contribution < -0.4 is 10.5 Å². The predicted octanol–water partition coefficient (Wildman–Crippen LogP) is 7.57. The normalized spacial score (nSPS) is 16.1. The number of anilines is 1. The molecule has 0 aromatic carbocycles. The maximum atomic E-state index is 15.1. The Hall–Kier alpha value is -2.46. The smallest absolute Gasteiger partial charge is 0.410 e. The molecule has 0 atom stereocenters. The van der Waals surface area contributed by atoms with Gasteiger partial charge in [-0.1, -0.05) is 51.6 Å². The van der Waals surface area contributed by atoms with E-state index >= 15 is 4.39 Å². The summed E-state index contributed by atoms with van der Waals surface area (Å²) in [5, 5.41) is 0.174. The van der Waals surface area contributed by atoms with Crippen LogP contribution in [0.2, 0.25) is 5.15 Å². The van der Waals surface area contributed by atoms with Crippen LogP contribution in [-0.2, 0) is 11.2 Å². The number of rotatable bonds is 13. The first kappa shape index (κ1) is 35.0. The van der Waals surface area contributed by atoms with Crippen LogP contribution in [0.5, 0.6) is 6.01 Å². The number of ether oxygens (including phenoxy) is 2. The molecule has 2 aliphatic heterocycles. The molecule has 2 N–H and O–H groups in total. The van der Waals surface area contributed by atoms with Crippen LogP contribution in [0.3, 0.4) is 0 Å². The minimum atomic E-state index is -0.708. The van der Waals surface area contributed by atoms with Crippen LogP contribution in [-0.4, -0.2) is 74.8 Å². The van der Waals surface area contributed by atoms with Crippen molar-refractivity contribution in [2.75, 3.05) is 38.5 Å². The summed E-state index contributed by atoms with van der Waals surface area (Å²) >= 11 is 6.18. The Morgan fingerprint density at radius 2 is 1.70 bits per heavy atom. The Bertz CT molecular complexity index is 1200. The zero-order valence-electron chi connectivity index (χ0n) is 27.1. The van der Waals surface area contributed by atoms with E-state index in [9.17, 15) is 4.79 Å². The van der Waals surface area contributed by atoms with Gasteiger partial charge in [0.15, 0.2) is 11.0 Å². The first-order valence-electron chi connectivity index (χ1n) is 16.2. The number of hydrogen-bond donors (Lipinski definition) is 1. The molecule has 4 rings (SSSR count). The number of aromatic nitrogens is 3. The molecule has 4 heterocycles. The number of carbonyl (C=O) groups excluding carboxylic acids is 1. The average molecular weight is 623 g/mol. The molecule has 0 unspecified atom stereocenters. The van der Waals surface area contributed by atoms with Crippen molar-refractivity contribution in [1.29, 1.82) is 0 Å². The number of amides is 1. The third-order valence-corrected chi connectivity index (χ3v) is 8.38. The topological polar surface area (TPSA) is 107 Å². The summed E-state index contributed by atoms with van der Waals surface area (Å²) in [4.78, 5) is 29.9. The van der Waals surface area contributed by atoms with Crippen LogP contribution in [0.1, 0.15) is 111 Å². The maximum Gasteiger partial charge on any atom is 0.410 e. The molecule has 11 heteroatoms. The molecular weight excluding hydrogens is 571 g/mol. The molecule has 2 saturated heterocycles. The average Bonchev–Trinajstić information content (AvgIpc) is 3.54. The number of nitrogen functional groups attached to an aromatic ring is 1. The van der Waals surface area contributed by atoms with Crippen LogP contribution in [0.4, 0.5) is 15.0 Å². The van der Waals surface area contributed by atoms with Crippen molar-refractivity contribution in [3.8, 4) is 6.01 Å². The molecule has 2 fully saturated rings. The van der Waals surface area contributed by atoms with Gasteiger partial charge in [-0.3, -0.25) is 4.90 Å². The highest BCUT2D eigenvalue weighted by atomic mass is 35.5. The van der Waals surface area contributed by atoms with E-state index in [0.29, 0.717) is 37.2 Å². The lowest BCUT2D eigenvalue weighted by Gasteiger charge is -2.31. The van der Waals surface area contributed by atoms with Gasteiger partial charge in [-0.2, -0.15) is 9.97 Å². The quantitative estimate of drug-likeness (QED) is 0.180. The van der Waals surface area contributed by atoms with Crippen LogP contribution in [0, 0.1) is 5.82 Å². The van der Waals surface area contributed by atoms with Gasteiger partial charge in [0.25, 0.3) is 0 Å². The molecule has 43 heavy (non-hydrogen) atoms. The lowest BCUT2D eigenvalue weighted by Crippen LogP contribution is -2.43. The maximum absolute atomic E-state index is 15.1. The van der Waals surface area contributed by atoms with Gasteiger partial charge in [0.2, 0.25) is 0 Å². The molecular formula is C32H52ClFN6O3. The van der Waals surface area contributed by atoms with E-state index in [1.54, 1.807) is 4.90 Å². The summed E-state index contributed by atoms with van der Waals surface area (Å²) in [6.07, 6.45) is 10.3. The van der Waals surface area contributed by atoms with Gasteiger partial charge in [0.05, 0.1) is 16.6 Å². The molecule has 0 saturated carbocycles. The van der Waals surface area contributed by atoms with Gasteiger partial charge in [0, 0.05) is 13.1 Å². The van der Waals surface area contributed by atoms with E-state index in [2.05, 4.69) is 26.8 Å². The van der Waals surface area contributed by atoms with Crippen molar-refractivity contribution >= 4 is 34.4 Å². The highest BCUT2D eigenvalue weighted by molar-refractivity contribution is 6.30. The second kappa shape index (κ2) is 16.0. The van der Waals surface area contributed by atoms with Gasteiger partial charge in [-0.05, 0) is 85.2 Å². The monoisotopic (exact) mass is 622 g/mol. The fraction of sp³-hybridized carbons (Fsp3) is 0.750. The highest BCUT2D eigenvalue weighted by Crippen LogP contribution is 2.39. The second-order valence-electron chi connectivity index (χ2n) is 12.5. The van der Waals surface area contributed by atoms with E-state index in [0.717, 1.165) is 77.3 Å². The van der Waals surface area contributed by atoms with Crippen molar-refractivity contribution in [1.82, 2.24) is 24.8 Å². The Morgan fingerprint density at radius 1 is 1.05 bits per heavy atom. The van der Waals surface area contributed by atoms with Gasteiger partial charge >= 0.3 is 12.1 Å². The molecule has 1 amide bonds. The van der Waals surface area contributed by atoms with E-state index in [1.165, 1.54) is 0 Å².